The Balaban J connectivity index is 1.36. The van der Waals surface area contributed by atoms with Gasteiger partial charge < -0.3 is 14.4 Å². The van der Waals surface area contributed by atoms with Gasteiger partial charge in [0.25, 0.3) is 5.91 Å². The zero-order valence-corrected chi connectivity index (χ0v) is 16.9. The van der Waals surface area contributed by atoms with Gasteiger partial charge in [0.15, 0.2) is 13.2 Å². The molecule has 3 rings (SSSR count). The summed E-state index contributed by atoms with van der Waals surface area (Å²) in [5.74, 6) is -0.0218. The summed E-state index contributed by atoms with van der Waals surface area (Å²) in [5, 5.41) is 0. The van der Waals surface area contributed by atoms with E-state index in [0.717, 1.165) is 31.6 Å². The van der Waals surface area contributed by atoms with E-state index in [2.05, 4.69) is 17.0 Å². The molecule has 0 atom stereocenters. The van der Waals surface area contributed by atoms with Crippen LogP contribution in [0.15, 0.2) is 54.6 Å². The van der Waals surface area contributed by atoms with E-state index in [-0.39, 0.29) is 19.1 Å². The summed E-state index contributed by atoms with van der Waals surface area (Å²) < 4.78 is 10.6. The van der Waals surface area contributed by atoms with Crippen molar-refractivity contribution in [2.75, 3.05) is 39.4 Å². The summed E-state index contributed by atoms with van der Waals surface area (Å²) in [7, 11) is 0. The van der Waals surface area contributed by atoms with Crippen LogP contribution in [0, 0.1) is 0 Å². The van der Waals surface area contributed by atoms with Gasteiger partial charge in [0, 0.05) is 32.7 Å². The molecule has 0 radical (unpaired) electrons. The fraction of sp³-hybridized carbons (Fsp3) is 0.391. The number of piperazine rings is 1. The molecule has 2 aromatic rings. The van der Waals surface area contributed by atoms with E-state index < -0.39 is 5.97 Å². The number of benzene rings is 2. The Bertz CT molecular complexity index is 802. The SMILES string of the molecule is CCc1ccccc1OCC(=O)OCC(=O)N1CCN(Cc2ccccc2)CC1. The first-order valence-electron chi connectivity index (χ1n) is 10.1. The van der Waals surface area contributed by atoms with Crippen LogP contribution < -0.4 is 4.74 Å². The molecule has 1 heterocycles. The second-order valence-electron chi connectivity index (χ2n) is 7.05. The average Bonchev–Trinajstić information content (AvgIpc) is 2.77. The van der Waals surface area contributed by atoms with Gasteiger partial charge in [-0.1, -0.05) is 55.5 Å². The van der Waals surface area contributed by atoms with Crippen LogP contribution in [0.25, 0.3) is 0 Å². The molecule has 0 unspecified atom stereocenters. The van der Waals surface area contributed by atoms with Crippen molar-refractivity contribution in [1.82, 2.24) is 9.80 Å². The molecular weight excluding hydrogens is 368 g/mol. The minimum atomic E-state index is -0.535. The van der Waals surface area contributed by atoms with E-state index in [4.69, 9.17) is 9.47 Å². The zero-order valence-electron chi connectivity index (χ0n) is 16.9. The number of hydrogen-bond donors (Lipinski definition) is 0. The van der Waals surface area contributed by atoms with Crippen molar-refractivity contribution in [2.45, 2.75) is 19.9 Å². The molecule has 1 fully saturated rings. The third-order valence-corrected chi connectivity index (χ3v) is 5.03. The Morgan fingerprint density at radius 1 is 0.897 bits per heavy atom. The molecule has 2 aromatic carbocycles. The lowest BCUT2D eigenvalue weighted by Crippen LogP contribution is -2.49. The van der Waals surface area contributed by atoms with E-state index in [0.29, 0.717) is 18.8 Å². The molecule has 0 bridgehead atoms. The molecule has 1 saturated heterocycles. The monoisotopic (exact) mass is 396 g/mol. The standard InChI is InChI=1S/C23H28N2O4/c1-2-20-10-6-7-11-21(20)28-18-23(27)29-17-22(26)25-14-12-24(13-15-25)16-19-8-4-3-5-9-19/h3-11H,2,12-18H2,1H3. The Kier molecular flexibility index (Phi) is 7.64. The third-order valence-electron chi connectivity index (χ3n) is 5.03. The number of rotatable bonds is 8. The first kappa shape index (κ1) is 20.9. The predicted octanol–water partition coefficient (Wildman–Crippen LogP) is 2.52. The fourth-order valence-electron chi connectivity index (χ4n) is 3.35. The first-order valence-corrected chi connectivity index (χ1v) is 10.1. The number of carbonyl (C=O) groups is 2. The van der Waals surface area contributed by atoms with E-state index in [1.54, 1.807) is 4.90 Å². The summed E-state index contributed by atoms with van der Waals surface area (Å²) in [5.41, 5.74) is 2.30. The topological polar surface area (TPSA) is 59.1 Å². The molecule has 154 valence electrons. The highest BCUT2D eigenvalue weighted by Crippen LogP contribution is 2.18. The molecule has 0 N–H and O–H groups in total. The van der Waals surface area contributed by atoms with Crippen molar-refractivity contribution in [3.63, 3.8) is 0 Å². The highest BCUT2D eigenvalue weighted by Gasteiger charge is 2.22. The Morgan fingerprint density at radius 2 is 1.59 bits per heavy atom. The van der Waals surface area contributed by atoms with Crippen molar-refractivity contribution < 1.29 is 19.1 Å². The summed E-state index contributed by atoms with van der Waals surface area (Å²) in [4.78, 5) is 28.3. The normalized spacial score (nSPS) is 14.4. The maximum atomic E-state index is 12.3. The van der Waals surface area contributed by atoms with Crippen LogP contribution in [-0.4, -0.2) is 61.1 Å². The van der Waals surface area contributed by atoms with Crippen LogP contribution in [-0.2, 0) is 27.3 Å². The van der Waals surface area contributed by atoms with Gasteiger partial charge in [-0.25, -0.2) is 4.79 Å². The van der Waals surface area contributed by atoms with E-state index in [1.807, 2.05) is 49.4 Å². The summed E-state index contributed by atoms with van der Waals surface area (Å²) in [6.07, 6.45) is 0.819. The quantitative estimate of drug-likeness (QED) is 0.642. The lowest BCUT2D eigenvalue weighted by Gasteiger charge is -2.34. The number of aryl methyl sites for hydroxylation is 1. The van der Waals surface area contributed by atoms with Gasteiger partial charge in [-0.05, 0) is 23.6 Å². The second-order valence-corrected chi connectivity index (χ2v) is 7.05. The highest BCUT2D eigenvalue weighted by molar-refractivity contribution is 5.81. The molecule has 6 heteroatoms. The van der Waals surface area contributed by atoms with Crippen LogP contribution >= 0.6 is 0 Å². The Morgan fingerprint density at radius 3 is 2.31 bits per heavy atom. The maximum Gasteiger partial charge on any atom is 0.344 e. The van der Waals surface area contributed by atoms with Crippen molar-refractivity contribution in [1.29, 1.82) is 0 Å². The third kappa shape index (κ3) is 6.32. The van der Waals surface area contributed by atoms with Gasteiger partial charge in [-0.15, -0.1) is 0 Å². The molecule has 0 aromatic heterocycles. The van der Waals surface area contributed by atoms with Gasteiger partial charge >= 0.3 is 5.97 Å². The van der Waals surface area contributed by atoms with Crippen molar-refractivity contribution in [3.05, 3.63) is 65.7 Å². The van der Waals surface area contributed by atoms with Crippen molar-refractivity contribution in [3.8, 4) is 5.75 Å². The number of nitrogens with zero attached hydrogens (tertiary/aromatic N) is 2. The number of amides is 1. The van der Waals surface area contributed by atoms with Gasteiger partial charge in [0.2, 0.25) is 0 Å². The first-order chi connectivity index (χ1) is 14.2. The van der Waals surface area contributed by atoms with Crippen LogP contribution in [0.3, 0.4) is 0 Å². The molecule has 29 heavy (non-hydrogen) atoms. The summed E-state index contributed by atoms with van der Waals surface area (Å²) in [6.45, 7) is 5.38. The maximum absolute atomic E-state index is 12.3. The van der Waals surface area contributed by atoms with Crippen molar-refractivity contribution >= 4 is 11.9 Å². The number of ether oxygens (including phenoxy) is 2. The minimum Gasteiger partial charge on any atom is -0.482 e. The van der Waals surface area contributed by atoms with E-state index in [1.165, 1.54) is 5.56 Å². The largest absolute Gasteiger partial charge is 0.482 e. The Hall–Kier alpha value is -2.86. The lowest BCUT2D eigenvalue weighted by atomic mass is 10.1. The molecule has 0 saturated carbocycles. The fourth-order valence-corrected chi connectivity index (χ4v) is 3.35. The molecular formula is C23H28N2O4. The number of esters is 1. The van der Waals surface area contributed by atoms with E-state index >= 15 is 0 Å². The number of para-hydroxylation sites is 1. The van der Waals surface area contributed by atoms with Gasteiger partial charge in [0.05, 0.1) is 0 Å². The number of hydrogen-bond acceptors (Lipinski definition) is 5. The molecule has 0 aliphatic carbocycles. The van der Waals surface area contributed by atoms with Gasteiger partial charge in [-0.2, -0.15) is 0 Å². The average molecular weight is 396 g/mol. The summed E-state index contributed by atoms with van der Waals surface area (Å²) in [6, 6.07) is 17.9. The van der Waals surface area contributed by atoms with Gasteiger partial charge in [-0.3, -0.25) is 9.69 Å². The predicted molar refractivity (Wildman–Crippen MR) is 111 cm³/mol. The molecule has 1 aliphatic heterocycles. The lowest BCUT2D eigenvalue weighted by molar-refractivity contribution is -0.154. The van der Waals surface area contributed by atoms with Crippen LogP contribution in [0.2, 0.25) is 0 Å². The Labute approximate surface area is 172 Å². The van der Waals surface area contributed by atoms with Crippen LogP contribution in [0.5, 0.6) is 5.75 Å². The van der Waals surface area contributed by atoms with Crippen LogP contribution in [0.4, 0.5) is 0 Å². The van der Waals surface area contributed by atoms with Crippen molar-refractivity contribution in [2.24, 2.45) is 0 Å². The molecule has 1 aliphatic rings. The molecule has 0 spiro atoms. The zero-order chi connectivity index (χ0) is 20.5. The highest BCUT2D eigenvalue weighted by atomic mass is 16.6. The molecule has 6 nitrogen and oxygen atoms in total. The molecule has 1 amide bonds. The minimum absolute atomic E-state index is 0.160. The second kappa shape index (κ2) is 10.6. The van der Waals surface area contributed by atoms with Crippen LogP contribution in [0.1, 0.15) is 18.1 Å². The number of carbonyl (C=O) groups excluding carboxylic acids is 2. The van der Waals surface area contributed by atoms with E-state index in [9.17, 15) is 9.59 Å². The summed E-state index contributed by atoms with van der Waals surface area (Å²) >= 11 is 0. The smallest absolute Gasteiger partial charge is 0.344 e. The van der Waals surface area contributed by atoms with Gasteiger partial charge in [0.1, 0.15) is 5.75 Å².